The van der Waals surface area contributed by atoms with Crippen LogP contribution in [0.1, 0.15) is 35.2 Å². The Hall–Kier alpha value is -2.55. The second-order valence-corrected chi connectivity index (χ2v) is 6.18. The van der Waals surface area contributed by atoms with Gasteiger partial charge in [-0.15, -0.1) is 0 Å². The third kappa shape index (κ3) is 2.74. The Morgan fingerprint density at radius 2 is 2.00 bits per heavy atom. The summed E-state index contributed by atoms with van der Waals surface area (Å²) in [6.45, 7) is 2.61. The summed E-state index contributed by atoms with van der Waals surface area (Å²) in [5, 5.41) is 5.74. The molecular weight excluding hydrogens is 284 g/mol. The van der Waals surface area contributed by atoms with Crippen molar-refractivity contribution in [3.05, 3.63) is 70.9 Å². The summed E-state index contributed by atoms with van der Waals surface area (Å²) in [6.07, 6.45) is 3.20. The number of aryl methyl sites for hydroxylation is 2. The first-order chi connectivity index (χ1) is 11.3. The summed E-state index contributed by atoms with van der Waals surface area (Å²) in [6, 6.07) is 16.8. The second-order valence-electron chi connectivity index (χ2n) is 6.18. The summed E-state index contributed by atoms with van der Waals surface area (Å²) in [7, 11) is 0. The molecule has 23 heavy (non-hydrogen) atoms. The minimum absolute atomic E-state index is 0.515. The number of fused-ring (bicyclic) bond motifs is 3. The molecule has 1 aliphatic carbocycles. The van der Waals surface area contributed by atoms with E-state index in [0.29, 0.717) is 6.61 Å². The van der Waals surface area contributed by atoms with E-state index in [4.69, 9.17) is 4.84 Å². The van der Waals surface area contributed by atoms with Crippen LogP contribution < -0.4 is 0 Å². The molecule has 0 atom stereocenters. The Labute approximate surface area is 136 Å². The molecule has 0 fully saturated rings. The molecule has 0 radical (unpaired) electrons. The van der Waals surface area contributed by atoms with Crippen molar-refractivity contribution in [3.63, 3.8) is 0 Å². The standard InChI is InChI=1S/C20H20N2O/c1-14-6-4-7-15(12-14)13-23-22-19-11-5-9-17-16-8-2-3-10-18(16)21-20(17)19/h2-4,6-8,10,12,21H,5,9,11,13H2,1H3. The van der Waals surface area contributed by atoms with Gasteiger partial charge >= 0.3 is 0 Å². The molecule has 0 spiro atoms. The molecule has 1 aromatic heterocycles. The molecule has 3 nitrogen and oxygen atoms in total. The number of H-pyrrole nitrogens is 1. The van der Waals surface area contributed by atoms with E-state index < -0.39 is 0 Å². The van der Waals surface area contributed by atoms with E-state index in [-0.39, 0.29) is 0 Å². The Morgan fingerprint density at radius 3 is 2.91 bits per heavy atom. The van der Waals surface area contributed by atoms with Gasteiger partial charge in [0.05, 0.1) is 5.69 Å². The molecule has 0 bridgehead atoms. The van der Waals surface area contributed by atoms with Gasteiger partial charge in [-0.05, 0) is 43.4 Å². The highest BCUT2D eigenvalue weighted by Gasteiger charge is 2.20. The molecule has 116 valence electrons. The molecule has 0 unspecified atom stereocenters. The summed E-state index contributed by atoms with van der Waals surface area (Å²) in [4.78, 5) is 9.15. The van der Waals surface area contributed by atoms with Crippen LogP contribution in [-0.4, -0.2) is 10.7 Å². The summed E-state index contributed by atoms with van der Waals surface area (Å²) in [5.74, 6) is 0. The quantitative estimate of drug-likeness (QED) is 0.698. The molecule has 2 aromatic carbocycles. The Bertz CT molecular complexity index is 876. The molecule has 3 aromatic rings. The average Bonchev–Trinajstić information content (AvgIpc) is 2.95. The molecule has 0 amide bonds. The largest absolute Gasteiger partial charge is 0.391 e. The zero-order chi connectivity index (χ0) is 15.6. The molecule has 0 aliphatic heterocycles. The fraction of sp³-hybridized carbons (Fsp3) is 0.250. The van der Waals surface area contributed by atoms with Crippen molar-refractivity contribution < 1.29 is 4.84 Å². The predicted octanol–water partition coefficient (Wildman–Crippen LogP) is 4.73. The van der Waals surface area contributed by atoms with Crippen LogP contribution in [0.4, 0.5) is 0 Å². The van der Waals surface area contributed by atoms with Gasteiger partial charge < -0.3 is 9.82 Å². The van der Waals surface area contributed by atoms with Crippen LogP contribution in [0.5, 0.6) is 0 Å². The van der Waals surface area contributed by atoms with Gasteiger partial charge in [-0.1, -0.05) is 53.2 Å². The molecule has 0 saturated heterocycles. The monoisotopic (exact) mass is 304 g/mol. The van der Waals surface area contributed by atoms with Crippen LogP contribution >= 0.6 is 0 Å². The maximum atomic E-state index is 5.63. The van der Waals surface area contributed by atoms with Gasteiger partial charge in [0.1, 0.15) is 12.3 Å². The number of rotatable bonds is 3. The average molecular weight is 304 g/mol. The van der Waals surface area contributed by atoms with Crippen LogP contribution in [0.2, 0.25) is 0 Å². The van der Waals surface area contributed by atoms with Crippen LogP contribution in [0.3, 0.4) is 0 Å². The normalized spacial score (nSPS) is 15.8. The zero-order valence-corrected chi connectivity index (χ0v) is 13.3. The first kappa shape index (κ1) is 14.1. The van der Waals surface area contributed by atoms with Crippen molar-refractivity contribution in [2.24, 2.45) is 5.16 Å². The lowest BCUT2D eigenvalue weighted by molar-refractivity contribution is 0.130. The topological polar surface area (TPSA) is 37.4 Å². The van der Waals surface area contributed by atoms with Gasteiger partial charge in [0.25, 0.3) is 0 Å². The maximum Gasteiger partial charge on any atom is 0.142 e. The van der Waals surface area contributed by atoms with E-state index >= 15 is 0 Å². The number of oxime groups is 1. The Kier molecular flexibility index (Phi) is 3.62. The van der Waals surface area contributed by atoms with Crippen molar-refractivity contribution in [1.82, 2.24) is 4.98 Å². The van der Waals surface area contributed by atoms with Gasteiger partial charge in [0.2, 0.25) is 0 Å². The molecule has 1 aliphatic rings. The van der Waals surface area contributed by atoms with E-state index in [9.17, 15) is 0 Å². The molecule has 4 rings (SSSR count). The number of benzene rings is 2. The summed E-state index contributed by atoms with van der Waals surface area (Å²) >= 11 is 0. The first-order valence-corrected chi connectivity index (χ1v) is 8.15. The van der Waals surface area contributed by atoms with Crippen molar-refractivity contribution in [2.75, 3.05) is 0 Å². The minimum atomic E-state index is 0.515. The lowest BCUT2D eigenvalue weighted by atomic mass is 9.94. The molecular formula is C20H20N2O. The van der Waals surface area contributed by atoms with Crippen molar-refractivity contribution >= 4 is 16.6 Å². The van der Waals surface area contributed by atoms with Crippen molar-refractivity contribution in [1.29, 1.82) is 0 Å². The van der Waals surface area contributed by atoms with Gasteiger partial charge in [-0.2, -0.15) is 0 Å². The van der Waals surface area contributed by atoms with E-state index in [1.54, 1.807) is 0 Å². The number of hydrogen-bond donors (Lipinski definition) is 1. The highest BCUT2D eigenvalue weighted by atomic mass is 16.6. The van der Waals surface area contributed by atoms with Crippen LogP contribution in [0.25, 0.3) is 10.9 Å². The highest BCUT2D eigenvalue weighted by molar-refractivity contribution is 6.06. The number of aromatic amines is 1. The number of para-hydroxylation sites is 1. The predicted molar refractivity (Wildman–Crippen MR) is 93.7 cm³/mol. The smallest absolute Gasteiger partial charge is 0.142 e. The number of hydrogen-bond acceptors (Lipinski definition) is 2. The van der Waals surface area contributed by atoms with E-state index in [1.807, 2.05) is 0 Å². The molecule has 1 heterocycles. The van der Waals surface area contributed by atoms with Crippen molar-refractivity contribution in [2.45, 2.75) is 32.8 Å². The van der Waals surface area contributed by atoms with E-state index in [1.165, 1.54) is 22.0 Å². The van der Waals surface area contributed by atoms with Crippen LogP contribution in [0, 0.1) is 6.92 Å². The molecule has 1 N–H and O–H groups in total. The minimum Gasteiger partial charge on any atom is -0.391 e. The van der Waals surface area contributed by atoms with Gasteiger partial charge in [-0.25, -0.2) is 0 Å². The van der Waals surface area contributed by atoms with E-state index in [0.717, 1.165) is 36.2 Å². The fourth-order valence-corrected chi connectivity index (χ4v) is 3.34. The fourth-order valence-electron chi connectivity index (χ4n) is 3.34. The van der Waals surface area contributed by atoms with Crippen molar-refractivity contribution in [3.8, 4) is 0 Å². The second kappa shape index (κ2) is 5.92. The Balaban J connectivity index is 1.59. The lowest BCUT2D eigenvalue weighted by Crippen LogP contribution is -2.11. The zero-order valence-electron chi connectivity index (χ0n) is 13.3. The van der Waals surface area contributed by atoms with Crippen LogP contribution in [-0.2, 0) is 17.9 Å². The SMILES string of the molecule is Cc1cccc(CON=C2CCCc3c2[nH]c2ccccc32)c1. The molecule has 0 saturated carbocycles. The summed E-state index contributed by atoms with van der Waals surface area (Å²) in [5.41, 5.74) is 7.16. The summed E-state index contributed by atoms with van der Waals surface area (Å²) < 4.78 is 0. The van der Waals surface area contributed by atoms with Gasteiger partial charge in [0, 0.05) is 10.9 Å². The number of nitrogens with zero attached hydrogens (tertiary/aromatic N) is 1. The van der Waals surface area contributed by atoms with Gasteiger partial charge in [0.15, 0.2) is 0 Å². The number of aromatic nitrogens is 1. The first-order valence-electron chi connectivity index (χ1n) is 8.15. The maximum absolute atomic E-state index is 5.63. The highest BCUT2D eigenvalue weighted by Crippen LogP contribution is 2.29. The lowest BCUT2D eigenvalue weighted by Gasteiger charge is -2.13. The van der Waals surface area contributed by atoms with Crippen LogP contribution in [0.15, 0.2) is 53.7 Å². The molecule has 3 heteroatoms. The van der Waals surface area contributed by atoms with Gasteiger partial charge in [-0.3, -0.25) is 0 Å². The third-order valence-electron chi connectivity index (χ3n) is 4.43. The Morgan fingerprint density at radius 1 is 1.09 bits per heavy atom. The third-order valence-corrected chi connectivity index (χ3v) is 4.43. The van der Waals surface area contributed by atoms with E-state index in [2.05, 4.69) is 65.6 Å². The number of nitrogens with one attached hydrogen (secondary N) is 1.